The first kappa shape index (κ1) is 15.5. The van der Waals surface area contributed by atoms with E-state index in [1.54, 1.807) is 0 Å². The zero-order chi connectivity index (χ0) is 12.9. The highest BCUT2D eigenvalue weighted by Crippen LogP contribution is 2.26. The molecule has 0 heterocycles. The first-order valence-electron chi connectivity index (χ1n) is 4.09. The van der Waals surface area contributed by atoms with Crippen molar-refractivity contribution in [3.05, 3.63) is 11.9 Å². The van der Waals surface area contributed by atoms with E-state index in [0.717, 1.165) is 6.08 Å². The van der Waals surface area contributed by atoms with Crippen molar-refractivity contribution in [3.63, 3.8) is 0 Å². The minimum Gasteiger partial charge on any atom is -0.481 e. The summed E-state index contributed by atoms with van der Waals surface area (Å²) < 4.78 is 11.0. The van der Waals surface area contributed by atoms with Crippen LogP contribution in [0.5, 0.6) is 0 Å². The molecule has 8 heteroatoms. The second-order valence-electron chi connectivity index (χ2n) is 2.88. The summed E-state index contributed by atoms with van der Waals surface area (Å²) in [6.07, 6.45) is 0.339. The molecule has 1 atom stereocenters. The molecule has 0 saturated heterocycles. The van der Waals surface area contributed by atoms with Crippen LogP contribution in [0, 0.1) is 0 Å². The van der Waals surface area contributed by atoms with Crippen LogP contribution in [0.1, 0.15) is 13.3 Å². The average molecular weight is 293 g/mol. The number of halogens is 4. The van der Waals surface area contributed by atoms with Crippen LogP contribution in [-0.2, 0) is 9.59 Å². The Morgan fingerprint density at radius 2 is 2.00 bits per heavy atom. The lowest BCUT2D eigenvalue weighted by molar-refractivity contribution is -0.136. The van der Waals surface area contributed by atoms with Crippen LogP contribution in [0.4, 0.5) is 4.39 Å². The molecule has 0 aromatic carbocycles. The Morgan fingerprint density at radius 1 is 1.50 bits per heavy atom. The third kappa shape index (κ3) is 6.15. The molecule has 2 N–H and O–H groups in total. The van der Waals surface area contributed by atoms with Crippen molar-refractivity contribution < 1.29 is 19.1 Å². The lowest BCUT2D eigenvalue weighted by Gasteiger charge is -2.16. The molecule has 0 bridgehead atoms. The normalized spacial score (nSPS) is 14.4. The van der Waals surface area contributed by atoms with E-state index in [1.165, 1.54) is 6.92 Å². The molecule has 0 aliphatic carbocycles. The first-order chi connectivity index (χ1) is 7.14. The van der Waals surface area contributed by atoms with Crippen molar-refractivity contribution in [2.24, 2.45) is 0 Å². The van der Waals surface area contributed by atoms with Gasteiger partial charge in [-0.1, -0.05) is 34.8 Å². The predicted octanol–water partition coefficient (Wildman–Crippen LogP) is 2.19. The summed E-state index contributed by atoms with van der Waals surface area (Å²) in [4.78, 5) is 21.2. The average Bonchev–Trinajstić information content (AvgIpc) is 2.12. The van der Waals surface area contributed by atoms with Crippen molar-refractivity contribution in [1.29, 1.82) is 0 Å². The van der Waals surface area contributed by atoms with Crippen molar-refractivity contribution in [1.82, 2.24) is 5.32 Å². The Hall–Kier alpha value is -0.520. The molecule has 1 unspecified atom stereocenters. The number of nitrogens with one attached hydrogen (secondary N) is 1. The van der Waals surface area contributed by atoms with Crippen molar-refractivity contribution in [3.8, 4) is 0 Å². The van der Waals surface area contributed by atoms with Crippen molar-refractivity contribution in [2.45, 2.75) is 23.2 Å². The van der Waals surface area contributed by atoms with Gasteiger partial charge in [-0.05, 0) is 13.0 Å². The van der Waals surface area contributed by atoms with Crippen LogP contribution < -0.4 is 5.32 Å². The van der Waals surface area contributed by atoms with Gasteiger partial charge in [0.05, 0.1) is 12.5 Å². The van der Waals surface area contributed by atoms with Gasteiger partial charge >= 0.3 is 5.97 Å². The molecule has 4 nitrogen and oxygen atoms in total. The molecule has 0 rings (SSSR count). The third-order valence-electron chi connectivity index (χ3n) is 1.49. The zero-order valence-corrected chi connectivity index (χ0v) is 10.4. The number of carboxylic acids is 1. The van der Waals surface area contributed by atoms with Gasteiger partial charge in [-0.25, -0.2) is 4.39 Å². The minimum atomic E-state index is -2.18. The monoisotopic (exact) mass is 291 g/mol. The van der Waals surface area contributed by atoms with E-state index in [-0.39, 0.29) is 0 Å². The number of rotatable bonds is 4. The van der Waals surface area contributed by atoms with Crippen molar-refractivity contribution in [2.75, 3.05) is 0 Å². The SMILES string of the molecule is CC(NC(=O)C(Cl)(Cl)Cl)/C(F)=C/CC(=O)O. The number of alkyl halides is 3. The molecule has 0 aliphatic rings. The fourth-order valence-electron chi connectivity index (χ4n) is 0.709. The molecule has 0 radical (unpaired) electrons. The molecule has 0 aromatic heterocycles. The van der Waals surface area contributed by atoms with Crippen LogP contribution in [0.2, 0.25) is 0 Å². The summed E-state index contributed by atoms with van der Waals surface area (Å²) in [5, 5.41) is 10.4. The number of hydrogen-bond acceptors (Lipinski definition) is 2. The number of aliphatic carboxylic acids is 1. The summed E-state index contributed by atoms with van der Waals surface area (Å²) in [7, 11) is 0. The Kier molecular flexibility index (Phi) is 6.07. The summed E-state index contributed by atoms with van der Waals surface area (Å²) in [5.41, 5.74) is 0. The smallest absolute Gasteiger partial charge is 0.307 e. The molecule has 0 aliphatic heterocycles. The largest absolute Gasteiger partial charge is 0.481 e. The van der Waals surface area contributed by atoms with E-state index in [0.29, 0.717) is 0 Å². The number of hydrogen-bond donors (Lipinski definition) is 2. The molecule has 0 aromatic rings. The maximum Gasteiger partial charge on any atom is 0.307 e. The highest BCUT2D eigenvalue weighted by atomic mass is 35.6. The van der Waals surface area contributed by atoms with Crippen molar-refractivity contribution >= 4 is 46.7 Å². The molecule has 1 amide bonds. The van der Waals surface area contributed by atoms with Crippen LogP contribution in [-0.4, -0.2) is 26.8 Å². The number of amides is 1. The molecule has 0 fully saturated rings. The second kappa shape index (κ2) is 6.27. The lowest BCUT2D eigenvalue weighted by atomic mass is 10.2. The predicted molar refractivity (Wildman–Crippen MR) is 59.3 cm³/mol. The Morgan fingerprint density at radius 3 is 2.38 bits per heavy atom. The van der Waals surface area contributed by atoms with Crippen LogP contribution in [0.15, 0.2) is 11.9 Å². The minimum absolute atomic E-state index is 0.486. The van der Waals surface area contributed by atoms with Gasteiger partial charge in [-0.2, -0.15) is 0 Å². The van der Waals surface area contributed by atoms with E-state index in [1.807, 2.05) is 0 Å². The molecule has 0 spiro atoms. The van der Waals surface area contributed by atoms with Gasteiger partial charge in [0.2, 0.25) is 0 Å². The van der Waals surface area contributed by atoms with Gasteiger partial charge in [0.25, 0.3) is 9.70 Å². The van der Waals surface area contributed by atoms with Crippen LogP contribution in [0.25, 0.3) is 0 Å². The number of carbonyl (C=O) groups is 2. The van der Waals surface area contributed by atoms with E-state index < -0.39 is 34.0 Å². The third-order valence-corrected chi connectivity index (χ3v) is 2.01. The first-order valence-corrected chi connectivity index (χ1v) is 5.23. The highest BCUT2D eigenvalue weighted by Gasteiger charge is 2.32. The maximum atomic E-state index is 13.2. The Labute approximate surface area is 106 Å². The summed E-state index contributed by atoms with van der Waals surface area (Å²) in [6.45, 7) is 1.29. The summed E-state index contributed by atoms with van der Waals surface area (Å²) in [5.74, 6) is -2.98. The maximum absolute atomic E-state index is 13.2. The molecular weight excluding hydrogens is 283 g/mol. The topological polar surface area (TPSA) is 66.4 Å². The number of carboxylic acid groups (broad SMARTS) is 1. The molecule has 92 valence electrons. The summed E-state index contributed by atoms with van der Waals surface area (Å²) in [6, 6.07) is -1.05. The van der Waals surface area contributed by atoms with Gasteiger partial charge in [0.15, 0.2) is 0 Å². The molecule has 0 saturated carbocycles. The van der Waals surface area contributed by atoms with Crippen LogP contribution in [0.3, 0.4) is 0 Å². The summed E-state index contributed by atoms with van der Waals surface area (Å²) >= 11 is 15.7. The Bertz CT molecular complexity index is 314. The van der Waals surface area contributed by atoms with Gasteiger partial charge in [0, 0.05) is 0 Å². The fraction of sp³-hybridized carbons (Fsp3) is 0.500. The standard InChI is InChI=1S/C8H9Cl3FNO3/c1-4(5(12)2-3-6(14)15)13-7(16)8(9,10)11/h2,4H,3H2,1H3,(H,13,16)(H,14,15)/b5-2-. The lowest BCUT2D eigenvalue weighted by Crippen LogP contribution is -2.40. The molecular formula is C8H9Cl3FNO3. The quantitative estimate of drug-likeness (QED) is 0.781. The zero-order valence-electron chi connectivity index (χ0n) is 8.14. The van der Waals surface area contributed by atoms with Gasteiger partial charge < -0.3 is 10.4 Å². The highest BCUT2D eigenvalue weighted by molar-refractivity contribution is 6.76. The van der Waals surface area contributed by atoms with E-state index >= 15 is 0 Å². The number of carbonyl (C=O) groups excluding carboxylic acids is 1. The van der Waals surface area contributed by atoms with E-state index in [2.05, 4.69) is 5.32 Å². The van der Waals surface area contributed by atoms with Gasteiger partial charge in [0.1, 0.15) is 5.83 Å². The fourth-order valence-corrected chi connectivity index (χ4v) is 0.873. The van der Waals surface area contributed by atoms with Crippen LogP contribution >= 0.6 is 34.8 Å². The molecule has 16 heavy (non-hydrogen) atoms. The van der Waals surface area contributed by atoms with E-state index in [4.69, 9.17) is 39.9 Å². The Balaban J connectivity index is 4.36. The van der Waals surface area contributed by atoms with Gasteiger partial charge in [-0.3, -0.25) is 9.59 Å². The second-order valence-corrected chi connectivity index (χ2v) is 5.16. The van der Waals surface area contributed by atoms with E-state index in [9.17, 15) is 14.0 Å². The van der Waals surface area contributed by atoms with Gasteiger partial charge in [-0.15, -0.1) is 0 Å².